The van der Waals surface area contributed by atoms with E-state index in [2.05, 4.69) is 41.2 Å². The minimum Gasteiger partial charge on any atom is -0.481 e. The smallest absolute Gasteiger partial charge is 0.309 e. The van der Waals surface area contributed by atoms with E-state index in [1.807, 2.05) is 29.6 Å². The summed E-state index contributed by atoms with van der Waals surface area (Å²) in [5.74, 6) is -0.866. The Morgan fingerprint density at radius 1 is 1.20 bits per heavy atom. The molecule has 0 radical (unpaired) electrons. The van der Waals surface area contributed by atoms with E-state index in [-0.39, 0.29) is 6.42 Å². The molecule has 2 N–H and O–H groups in total. The second-order valence-electron chi connectivity index (χ2n) is 6.00. The highest BCUT2D eigenvalue weighted by molar-refractivity contribution is 7.13. The molecule has 0 amide bonds. The Morgan fingerprint density at radius 2 is 2.04 bits per heavy atom. The molecule has 0 saturated heterocycles. The van der Waals surface area contributed by atoms with E-state index in [9.17, 15) is 4.79 Å². The third-order valence-electron chi connectivity index (χ3n) is 4.11. The van der Waals surface area contributed by atoms with Crippen molar-refractivity contribution in [3.8, 4) is 21.8 Å². The Morgan fingerprint density at radius 3 is 2.84 bits per heavy atom. The first-order valence-electron chi connectivity index (χ1n) is 7.96. The fraction of sp³-hybridized carbons (Fsp3) is 0.100. The standard InChI is InChI=1S/C20H16N2O2S/c1-12-5-4-6-13(9-12)19-18(15-7-2-3-8-16(15)22-19)20-21-14(11-25-20)10-17(23)24/h2-9,11,22H,10H2,1H3,(H,23,24). The topological polar surface area (TPSA) is 66.0 Å². The van der Waals surface area contributed by atoms with Crippen LogP contribution in [0.1, 0.15) is 11.3 Å². The molecular formula is C20H16N2O2S. The van der Waals surface area contributed by atoms with Crippen molar-refractivity contribution in [2.75, 3.05) is 0 Å². The molecule has 0 fully saturated rings. The maximum atomic E-state index is 11.0. The lowest BCUT2D eigenvalue weighted by atomic mass is 10.0. The zero-order valence-electron chi connectivity index (χ0n) is 13.6. The Labute approximate surface area is 148 Å². The third-order valence-corrected chi connectivity index (χ3v) is 5.02. The van der Waals surface area contributed by atoms with Crippen LogP contribution in [-0.4, -0.2) is 21.0 Å². The first-order valence-corrected chi connectivity index (χ1v) is 8.84. The van der Waals surface area contributed by atoms with E-state index in [4.69, 9.17) is 5.11 Å². The van der Waals surface area contributed by atoms with Crippen LogP contribution in [0.4, 0.5) is 0 Å². The van der Waals surface area contributed by atoms with Gasteiger partial charge >= 0.3 is 5.97 Å². The summed E-state index contributed by atoms with van der Waals surface area (Å²) in [5, 5.41) is 12.8. The fourth-order valence-electron chi connectivity index (χ4n) is 3.04. The van der Waals surface area contributed by atoms with E-state index in [1.54, 1.807) is 0 Å². The van der Waals surface area contributed by atoms with E-state index in [0.717, 1.165) is 32.7 Å². The molecule has 4 aromatic rings. The number of H-pyrrole nitrogens is 1. The second kappa shape index (κ2) is 6.18. The van der Waals surface area contributed by atoms with Crippen LogP contribution in [0.3, 0.4) is 0 Å². The van der Waals surface area contributed by atoms with E-state index < -0.39 is 5.97 Å². The van der Waals surface area contributed by atoms with Gasteiger partial charge in [0.1, 0.15) is 5.01 Å². The number of carbonyl (C=O) groups is 1. The van der Waals surface area contributed by atoms with Crippen molar-refractivity contribution in [2.45, 2.75) is 13.3 Å². The van der Waals surface area contributed by atoms with Crippen LogP contribution in [0.25, 0.3) is 32.7 Å². The molecule has 2 heterocycles. The van der Waals surface area contributed by atoms with Gasteiger partial charge in [-0.15, -0.1) is 11.3 Å². The molecule has 0 spiro atoms. The molecule has 0 aliphatic carbocycles. The predicted octanol–water partition coefficient (Wildman–Crippen LogP) is 4.89. The Balaban J connectivity index is 1.93. The number of rotatable bonds is 4. The van der Waals surface area contributed by atoms with Crippen LogP contribution >= 0.6 is 11.3 Å². The number of aromatic amines is 1. The summed E-state index contributed by atoms with van der Waals surface area (Å²) in [4.78, 5) is 19.0. The van der Waals surface area contributed by atoms with Gasteiger partial charge in [0.05, 0.1) is 17.8 Å². The van der Waals surface area contributed by atoms with Crippen molar-refractivity contribution in [3.05, 3.63) is 65.2 Å². The van der Waals surface area contributed by atoms with Gasteiger partial charge in [0.2, 0.25) is 0 Å². The van der Waals surface area contributed by atoms with Gasteiger partial charge < -0.3 is 10.1 Å². The zero-order chi connectivity index (χ0) is 17.4. The Bertz CT molecular complexity index is 1080. The summed E-state index contributed by atoms with van der Waals surface area (Å²) in [6, 6.07) is 16.4. The number of aliphatic carboxylic acids is 1. The molecule has 0 aliphatic heterocycles. The van der Waals surface area contributed by atoms with Crippen molar-refractivity contribution in [1.82, 2.24) is 9.97 Å². The summed E-state index contributed by atoms with van der Waals surface area (Å²) >= 11 is 1.48. The largest absolute Gasteiger partial charge is 0.481 e. The van der Waals surface area contributed by atoms with Crippen molar-refractivity contribution in [3.63, 3.8) is 0 Å². The number of aromatic nitrogens is 2. The molecule has 124 valence electrons. The van der Waals surface area contributed by atoms with Crippen molar-refractivity contribution >= 4 is 28.2 Å². The number of fused-ring (bicyclic) bond motifs is 1. The molecule has 2 aromatic carbocycles. The van der Waals surface area contributed by atoms with Gasteiger partial charge in [0.25, 0.3) is 0 Å². The molecule has 0 aliphatic rings. The number of thiazole rings is 1. The summed E-state index contributed by atoms with van der Waals surface area (Å²) in [7, 11) is 0. The number of nitrogens with one attached hydrogen (secondary N) is 1. The molecule has 0 bridgehead atoms. The van der Waals surface area contributed by atoms with Gasteiger partial charge in [0.15, 0.2) is 0 Å². The number of para-hydroxylation sites is 1. The normalized spacial score (nSPS) is 11.1. The first kappa shape index (κ1) is 15.6. The van der Waals surface area contributed by atoms with Crippen LogP contribution in [0.2, 0.25) is 0 Å². The minimum atomic E-state index is -0.866. The SMILES string of the molecule is Cc1cccc(-c2[nH]c3ccccc3c2-c2nc(CC(=O)O)cs2)c1. The molecule has 25 heavy (non-hydrogen) atoms. The Kier molecular flexibility index (Phi) is 3.86. The first-order chi connectivity index (χ1) is 12.1. The summed E-state index contributed by atoms with van der Waals surface area (Å²) < 4.78 is 0. The molecule has 0 saturated carbocycles. The molecule has 0 atom stereocenters. The lowest BCUT2D eigenvalue weighted by Gasteiger charge is -2.04. The summed E-state index contributed by atoms with van der Waals surface area (Å²) in [6.07, 6.45) is -0.0569. The van der Waals surface area contributed by atoms with Gasteiger partial charge in [0, 0.05) is 21.8 Å². The molecule has 2 aromatic heterocycles. The van der Waals surface area contributed by atoms with E-state index in [1.165, 1.54) is 16.9 Å². The van der Waals surface area contributed by atoms with Gasteiger partial charge in [-0.3, -0.25) is 4.79 Å². The van der Waals surface area contributed by atoms with Gasteiger partial charge in [-0.2, -0.15) is 0 Å². The van der Waals surface area contributed by atoms with Crippen LogP contribution in [0.15, 0.2) is 53.9 Å². The second-order valence-corrected chi connectivity index (χ2v) is 6.86. The monoisotopic (exact) mass is 348 g/mol. The number of aryl methyl sites for hydroxylation is 1. The van der Waals surface area contributed by atoms with Crippen LogP contribution in [-0.2, 0) is 11.2 Å². The van der Waals surface area contributed by atoms with Crippen LogP contribution in [0.5, 0.6) is 0 Å². The number of hydrogen-bond donors (Lipinski definition) is 2. The molecular weight excluding hydrogens is 332 g/mol. The predicted molar refractivity (Wildman–Crippen MR) is 101 cm³/mol. The quantitative estimate of drug-likeness (QED) is 0.551. The van der Waals surface area contributed by atoms with E-state index in [0.29, 0.717) is 5.69 Å². The van der Waals surface area contributed by atoms with Crippen LogP contribution < -0.4 is 0 Å². The van der Waals surface area contributed by atoms with E-state index >= 15 is 0 Å². The van der Waals surface area contributed by atoms with Crippen molar-refractivity contribution in [2.24, 2.45) is 0 Å². The van der Waals surface area contributed by atoms with Crippen molar-refractivity contribution in [1.29, 1.82) is 0 Å². The maximum Gasteiger partial charge on any atom is 0.309 e. The molecule has 5 heteroatoms. The molecule has 4 rings (SSSR count). The van der Waals surface area contributed by atoms with Gasteiger partial charge in [-0.25, -0.2) is 4.98 Å². The molecule has 0 unspecified atom stereocenters. The number of carboxylic acid groups (broad SMARTS) is 1. The summed E-state index contributed by atoms with van der Waals surface area (Å²) in [6.45, 7) is 2.07. The average Bonchev–Trinajstić information content (AvgIpc) is 3.18. The summed E-state index contributed by atoms with van der Waals surface area (Å²) in [5.41, 5.74) is 5.97. The fourth-order valence-corrected chi connectivity index (χ4v) is 3.92. The van der Waals surface area contributed by atoms with Gasteiger partial charge in [-0.05, 0) is 24.6 Å². The number of nitrogens with zero attached hydrogens (tertiary/aromatic N) is 1. The van der Waals surface area contributed by atoms with Gasteiger partial charge in [-0.1, -0.05) is 42.0 Å². The highest BCUT2D eigenvalue weighted by atomic mass is 32.1. The lowest BCUT2D eigenvalue weighted by molar-refractivity contribution is -0.136. The number of benzene rings is 2. The number of hydrogen-bond acceptors (Lipinski definition) is 3. The highest BCUT2D eigenvalue weighted by Gasteiger charge is 2.18. The minimum absolute atomic E-state index is 0.0569. The van der Waals surface area contributed by atoms with Crippen molar-refractivity contribution < 1.29 is 9.90 Å². The lowest BCUT2D eigenvalue weighted by Crippen LogP contribution is -1.99. The maximum absolute atomic E-state index is 11.0. The zero-order valence-corrected chi connectivity index (χ0v) is 14.4. The highest BCUT2D eigenvalue weighted by Crippen LogP contribution is 2.39. The third kappa shape index (κ3) is 2.94. The van der Waals surface area contributed by atoms with Crippen LogP contribution in [0, 0.1) is 6.92 Å². The Hall–Kier alpha value is -2.92. The average molecular weight is 348 g/mol. The number of carboxylic acids is 1. The molecule has 4 nitrogen and oxygen atoms in total.